The van der Waals surface area contributed by atoms with Gasteiger partial charge in [0.2, 0.25) is 0 Å². The summed E-state index contributed by atoms with van der Waals surface area (Å²) in [5.41, 5.74) is 1.56. The third kappa shape index (κ3) is 2.37. The molecule has 20 heavy (non-hydrogen) atoms. The molecule has 6 heteroatoms. The van der Waals surface area contributed by atoms with Crippen molar-refractivity contribution in [1.82, 2.24) is 9.55 Å². The lowest BCUT2D eigenvalue weighted by Gasteiger charge is -2.25. The number of halogens is 2. The van der Waals surface area contributed by atoms with Crippen molar-refractivity contribution < 1.29 is 9.13 Å². The van der Waals surface area contributed by atoms with Gasteiger partial charge < -0.3 is 9.30 Å². The predicted molar refractivity (Wildman–Crippen MR) is 81.4 cm³/mol. The molecule has 2 heterocycles. The number of methoxy groups -OCH3 is 1. The lowest BCUT2D eigenvalue weighted by molar-refractivity contribution is 0.387. The number of thioether (sulfide) groups is 1. The maximum atomic E-state index is 13.8. The molecule has 0 aliphatic carbocycles. The summed E-state index contributed by atoms with van der Waals surface area (Å²) in [6.45, 7) is 0. The maximum Gasteiger partial charge on any atom is 0.167 e. The second-order valence-corrected chi connectivity index (χ2v) is 6.34. The van der Waals surface area contributed by atoms with E-state index in [1.165, 1.54) is 13.2 Å². The van der Waals surface area contributed by atoms with Crippen LogP contribution in [0.15, 0.2) is 12.1 Å². The third-order valence-electron chi connectivity index (χ3n) is 3.71. The fourth-order valence-corrected chi connectivity index (χ4v) is 4.02. The van der Waals surface area contributed by atoms with Crippen LogP contribution in [0.5, 0.6) is 5.75 Å². The molecule has 0 spiro atoms. The number of alkyl halides is 1. The van der Waals surface area contributed by atoms with Gasteiger partial charge in [0, 0.05) is 18.2 Å². The van der Waals surface area contributed by atoms with Gasteiger partial charge >= 0.3 is 0 Å². The van der Waals surface area contributed by atoms with E-state index in [4.69, 9.17) is 16.3 Å². The van der Waals surface area contributed by atoms with Crippen molar-refractivity contribution in [2.24, 2.45) is 0 Å². The number of ether oxygens (including phenoxy) is 1. The summed E-state index contributed by atoms with van der Waals surface area (Å²) in [6.07, 6.45) is 2.19. The highest BCUT2D eigenvalue weighted by molar-refractivity contribution is 7.99. The Hall–Kier alpha value is -0.940. The molecule has 2 aromatic rings. The second-order valence-electron chi connectivity index (χ2n) is 4.85. The summed E-state index contributed by atoms with van der Waals surface area (Å²) < 4.78 is 21.1. The molecule has 3 nitrogen and oxygen atoms in total. The van der Waals surface area contributed by atoms with E-state index >= 15 is 0 Å². The largest absolute Gasteiger partial charge is 0.494 e. The first-order valence-corrected chi connectivity index (χ1v) is 8.31. The molecule has 1 aromatic heterocycles. The van der Waals surface area contributed by atoms with Crippen LogP contribution in [0.2, 0.25) is 0 Å². The van der Waals surface area contributed by atoms with Crippen molar-refractivity contribution in [1.29, 1.82) is 0 Å². The molecule has 0 atom stereocenters. The molecule has 1 saturated heterocycles. The molecule has 0 radical (unpaired) electrons. The van der Waals surface area contributed by atoms with Gasteiger partial charge in [-0.1, -0.05) is 0 Å². The fourth-order valence-electron chi connectivity index (χ4n) is 2.75. The van der Waals surface area contributed by atoms with Crippen LogP contribution in [0.3, 0.4) is 0 Å². The van der Waals surface area contributed by atoms with Gasteiger partial charge in [0.15, 0.2) is 11.6 Å². The van der Waals surface area contributed by atoms with E-state index < -0.39 is 0 Å². The first kappa shape index (κ1) is 14.0. The Morgan fingerprint density at radius 1 is 1.45 bits per heavy atom. The summed E-state index contributed by atoms with van der Waals surface area (Å²) >= 11 is 8.00. The zero-order chi connectivity index (χ0) is 14.1. The van der Waals surface area contributed by atoms with Crippen LogP contribution in [-0.4, -0.2) is 28.2 Å². The second kappa shape index (κ2) is 5.82. The quantitative estimate of drug-likeness (QED) is 0.802. The normalized spacial score (nSPS) is 16.8. The average molecular weight is 315 g/mol. The Kier molecular flexibility index (Phi) is 4.08. The number of benzene rings is 1. The third-order valence-corrected chi connectivity index (χ3v) is 5.00. The van der Waals surface area contributed by atoms with Gasteiger partial charge in [0.25, 0.3) is 0 Å². The van der Waals surface area contributed by atoms with Crippen molar-refractivity contribution in [2.45, 2.75) is 24.8 Å². The van der Waals surface area contributed by atoms with Crippen LogP contribution in [0.4, 0.5) is 4.39 Å². The highest BCUT2D eigenvalue weighted by atomic mass is 35.5. The standard InChI is InChI=1S/C14H16ClFN2OS/c1-19-13-7-12-11(6-10(13)16)17-14(8-15)18(12)9-2-4-20-5-3-9/h6-7,9H,2-5,8H2,1H3. The van der Waals surface area contributed by atoms with Crippen LogP contribution in [0, 0.1) is 5.82 Å². The Labute approximate surface area is 126 Å². The van der Waals surface area contributed by atoms with Crippen molar-refractivity contribution in [2.75, 3.05) is 18.6 Å². The van der Waals surface area contributed by atoms with Crippen LogP contribution in [-0.2, 0) is 5.88 Å². The molecule has 0 saturated carbocycles. The highest BCUT2D eigenvalue weighted by Gasteiger charge is 2.22. The molecule has 0 unspecified atom stereocenters. The Morgan fingerprint density at radius 3 is 2.85 bits per heavy atom. The predicted octanol–water partition coefficient (Wildman–Crippen LogP) is 3.99. The number of fused-ring (bicyclic) bond motifs is 1. The Bertz CT molecular complexity index is 625. The van der Waals surface area contributed by atoms with Crippen molar-refractivity contribution in [3.05, 3.63) is 23.8 Å². The van der Waals surface area contributed by atoms with Crippen molar-refractivity contribution in [3.63, 3.8) is 0 Å². The first-order valence-electron chi connectivity index (χ1n) is 6.62. The topological polar surface area (TPSA) is 27.1 Å². The highest BCUT2D eigenvalue weighted by Crippen LogP contribution is 2.34. The van der Waals surface area contributed by atoms with E-state index in [0.29, 0.717) is 17.4 Å². The molecule has 108 valence electrons. The molecule has 1 fully saturated rings. The summed E-state index contributed by atoms with van der Waals surface area (Å²) in [4.78, 5) is 4.47. The minimum absolute atomic E-state index is 0.255. The number of nitrogens with zero attached hydrogens (tertiary/aromatic N) is 2. The van der Waals surface area contributed by atoms with Gasteiger partial charge in [-0.3, -0.25) is 0 Å². The van der Waals surface area contributed by atoms with Crippen LogP contribution in [0.1, 0.15) is 24.7 Å². The van der Waals surface area contributed by atoms with Gasteiger partial charge in [-0.2, -0.15) is 11.8 Å². The van der Waals surface area contributed by atoms with E-state index in [-0.39, 0.29) is 11.6 Å². The minimum atomic E-state index is -0.384. The molecule has 1 aromatic carbocycles. The number of imidazole rings is 1. The molecule has 0 N–H and O–H groups in total. The monoisotopic (exact) mass is 314 g/mol. The molecule has 1 aliphatic heterocycles. The summed E-state index contributed by atoms with van der Waals surface area (Å²) in [5, 5.41) is 0. The Morgan fingerprint density at radius 2 is 2.20 bits per heavy atom. The van der Waals surface area contributed by atoms with Gasteiger partial charge in [0.1, 0.15) is 5.82 Å². The van der Waals surface area contributed by atoms with Gasteiger partial charge in [-0.15, -0.1) is 11.6 Å². The van der Waals surface area contributed by atoms with Crippen LogP contribution >= 0.6 is 23.4 Å². The van der Waals surface area contributed by atoms with E-state index in [2.05, 4.69) is 9.55 Å². The summed E-state index contributed by atoms with van der Waals surface area (Å²) in [6, 6.07) is 3.55. The minimum Gasteiger partial charge on any atom is -0.494 e. The van der Waals surface area contributed by atoms with E-state index in [1.54, 1.807) is 6.07 Å². The van der Waals surface area contributed by atoms with Gasteiger partial charge in [-0.25, -0.2) is 9.37 Å². The van der Waals surface area contributed by atoms with Gasteiger partial charge in [0.05, 0.1) is 24.0 Å². The molecule has 1 aliphatic rings. The number of hydrogen-bond donors (Lipinski definition) is 0. The van der Waals surface area contributed by atoms with Crippen LogP contribution in [0.25, 0.3) is 11.0 Å². The lowest BCUT2D eigenvalue weighted by Crippen LogP contribution is -2.17. The van der Waals surface area contributed by atoms with E-state index in [1.807, 2.05) is 11.8 Å². The Balaban J connectivity index is 2.16. The summed E-state index contributed by atoms with van der Waals surface area (Å²) in [7, 11) is 1.48. The van der Waals surface area contributed by atoms with Gasteiger partial charge in [-0.05, 0) is 24.3 Å². The zero-order valence-electron chi connectivity index (χ0n) is 11.2. The van der Waals surface area contributed by atoms with E-state index in [9.17, 15) is 4.39 Å². The summed E-state index contributed by atoms with van der Waals surface area (Å²) in [5.74, 6) is 3.30. The molecule has 0 amide bonds. The zero-order valence-corrected chi connectivity index (χ0v) is 12.8. The molecular weight excluding hydrogens is 299 g/mol. The fraction of sp³-hybridized carbons (Fsp3) is 0.500. The lowest BCUT2D eigenvalue weighted by atomic mass is 10.1. The van der Waals surface area contributed by atoms with Crippen molar-refractivity contribution >= 4 is 34.4 Å². The SMILES string of the molecule is COc1cc2c(cc1F)nc(CCl)n2C1CCSCC1. The molecule has 3 rings (SSSR count). The molecular formula is C14H16ClFN2OS. The van der Waals surface area contributed by atoms with E-state index in [0.717, 1.165) is 35.7 Å². The van der Waals surface area contributed by atoms with Crippen molar-refractivity contribution in [3.8, 4) is 5.75 Å². The first-order chi connectivity index (χ1) is 9.74. The number of rotatable bonds is 3. The number of hydrogen-bond acceptors (Lipinski definition) is 3. The molecule has 0 bridgehead atoms. The maximum absolute atomic E-state index is 13.8. The van der Waals surface area contributed by atoms with Crippen LogP contribution < -0.4 is 4.74 Å². The average Bonchev–Trinajstić information content (AvgIpc) is 2.84. The smallest absolute Gasteiger partial charge is 0.167 e. The number of aromatic nitrogens is 2.